The van der Waals surface area contributed by atoms with Crippen molar-refractivity contribution in [2.45, 2.75) is 11.4 Å². The number of aromatic nitrogens is 1. The zero-order chi connectivity index (χ0) is 13.3. The average molecular weight is 274 g/mol. The summed E-state index contributed by atoms with van der Waals surface area (Å²) in [6.45, 7) is 2.24. The summed E-state index contributed by atoms with van der Waals surface area (Å²) >= 11 is 1.73. The van der Waals surface area contributed by atoms with E-state index >= 15 is 0 Å². The first-order chi connectivity index (χ1) is 9.38. The van der Waals surface area contributed by atoms with Gasteiger partial charge >= 0.3 is 0 Å². The van der Waals surface area contributed by atoms with Crippen molar-refractivity contribution in [3.63, 3.8) is 0 Å². The molecule has 0 atom stereocenters. The number of thioether (sulfide) groups is 1. The van der Waals surface area contributed by atoms with Crippen LogP contribution in [0.4, 0.5) is 0 Å². The SMILES string of the molecule is CSc1ccc(OCCNCc2ccccn2)cc1. The highest BCUT2D eigenvalue weighted by Gasteiger charge is 1.95. The topological polar surface area (TPSA) is 34.1 Å². The van der Waals surface area contributed by atoms with E-state index in [4.69, 9.17) is 4.74 Å². The van der Waals surface area contributed by atoms with Gasteiger partial charge in [-0.1, -0.05) is 6.07 Å². The van der Waals surface area contributed by atoms with Crippen LogP contribution in [0.15, 0.2) is 53.6 Å². The summed E-state index contributed by atoms with van der Waals surface area (Å²) in [5.74, 6) is 0.914. The van der Waals surface area contributed by atoms with Gasteiger partial charge in [0.1, 0.15) is 12.4 Å². The number of hydrogen-bond acceptors (Lipinski definition) is 4. The smallest absolute Gasteiger partial charge is 0.119 e. The number of nitrogens with zero attached hydrogens (tertiary/aromatic N) is 1. The van der Waals surface area contributed by atoms with E-state index in [2.05, 4.69) is 28.7 Å². The van der Waals surface area contributed by atoms with E-state index < -0.39 is 0 Å². The molecule has 0 amide bonds. The first kappa shape index (κ1) is 13.9. The summed E-state index contributed by atoms with van der Waals surface area (Å²) in [6, 6.07) is 14.1. The third-order valence-electron chi connectivity index (χ3n) is 2.64. The van der Waals surface area contributed by atoms with Gasteiger partial charge in [0.25, 0.3) is 0 Å². The monoisotopic (exact) mass is 274 g/mol. The summed E-state index contributed by atoms with van der Waals surface area (Å²) in [6.07, 6.45) is 3.87. The minimum Gasteiger partial charge on any atom is -0.492 e. The van der Waals surface area contributed by atoms with Gasteiger partial charge in [-0.15, -0.1) is 11.8 Å². The number of hydrogen-bond donors (Lipinski definition) is 1. The summed E-state index contributed by atoms with van der Waals surface area (Å²) < 4.78 is 5.65. The molecule has 0 saturated carbocycles. The van der Waals surface area contributed by atoms with Crippen LogP contribution < -0.4 is 10.1 Å². The molecule has 0 radical (unpaired) electrons. The predicted octanol–water partition coefficient (Wildman–Crippen LogP) is 2.97. The number of ether oxygens (including phenoxy) is 1. The molecule has 1 aromatic carbocycles. The molecule has 1 aromatic heterocycles. The molecular formula is C15H18N2OS. The van der Waals surface area contributed by atoms with Crippen LogP contribution in [0.5, 0.6) is 5.75 Å². The maximum Gasteiger partial charge on any atom is 0.119 e. The van der Waals surface area contributed by atoms with E-state index in [0.29, 0.717) is 6.61 Å². The Morgan fingerprint density at radius 3 is 2.68 bits per heavy atom. The van der Waals surface area contributed by atoms with Crippen molar-refractivity contribution in [1.82, 2.24) is 10.3 Å². The van der Waals surface area contributed by atoms with Crippen LogP contribution in [0.2, 0.25) is 0 Å². The molecule has 19 heavy (non-hydrogen) atoms. The van der Waals surface area contributed by atoms with Crippen LogP contribution in [0, 0.1) is 0 Å². The van der Waals surface area contributed by atoms with E-state index in [9.17, 15) is 0 Å². The van der Waals surface area contributed by atoms with Crippen molar-refractivity contribution in [3.8, 4) is 5.75 Å². The molecule has 0 saturated heterocycles. The lowest BCUT2D eigenvalue weighted by Gasteiger charge is -2.07. The van der Waals surface area contributed by atoms with Crippen molar-refractivity contribution in [2.24, 2.45) is 0 Å². The van der Waals surface area contributed by atoms with Gasteiger partial charge in [0.2, 0.25) is 0 Å². The Morgan fingerprint density at radius 2 is 2.00 bits per heavy atom. The number of benzene rings is 1. The molecule has 4 heteroatoms. The molecular weight excluding hydrogens is 256 g/mol. The molecule has 0 bridgehead atoms. The van der Waals surface area contributed by atoms with Gasteiger partial charge in [-0.25, -0.2) is 0 Å². The number of nitrogens with one attached hydrogen (secondary N) is 1. The van der Waals surface area contributed by atoms with Crippen molar-refractivity contribution in [3.05, 3.63) is 54.4 Å². The van der Waals surface area contributed by atoms with E-state index in [1.54, 1.807) is 18.0 Å². The standard InChI is InChI=1S/C15H18N2OS/c1-19-15-7-5-14(6-8-15)18-11-10-16-12-13-4-2-3-9-17-13/h2-9,16H,10-12H2,1H3. The van der Waals surface area contributed by atoms with Crippen molar-refractivity contribution >= 4 is 11.8 Å². The second-order valence-electron chi connectivity index (χ2n) is 4.02. The lowest BCUT2D eigenvalue weighted by Crippen LogP contribution is -2.21. The molecule has 0 aliphatic carbocycles. The second kappa shape index (κ2) is 7.81. The molecule has 0 unspecified atom stereocenters. The average Bonchev–Trinajstić information content (AvgIpc) is 2.49. The maximum absolute atomic E-state index is 5.65. The molecule has 3 nitrogen and oxygen atoms in total. The Morgan fingerprint density at radius 1 is 1.16 bits per heavy atom. The fraction of sp³-hybridized carbons (Fsp3) is 0.267. The zero-order valence-corrected chi connectivity index (χ0v) is 11.8. The highest BCUT2D eigenvalue weighted by molar-refractivity contribution is 7.98. The van der Waals surface area contributed by atoms with E-state index in [1.807, 2.05) is 30.3 Å². The Bertz CT molecular complexity index is 473. The van der Waals surface area contributed by atoms with E-state index in [0.717, 1.165) is 24.5 Å². The normalized spacial score (nSPS) is 10.4. The van der Waals surface area contributed by atoms with Gasteiger partial charge in [0, 0.05) is 24.2 Å². The molecule has 1 N–H and O–H groups in total. The van der Waals surface area contributed by atoms with Crippen molar-refractivity contribution in [2.75, 3.05) is 19.4 Å². The van der Waals surface area contributed by atoms with Gasteiger partial charge in [-0.3, -0.25) is 4.98 Å². The van der Waals surface area contributed by atoms with Crippen LogP contribution in [0.3, 0.4) is 0 Å². The lowest BCUT2D eigenvalue weighted by atomic mass is 10.3. The molecule has 0 fully saturated rings. The van der Waals surface area contributed by atoms with Crippen LogP contribution in [0.25, 0.3) is 0 Å². The number of rotatable bonds is 7. The molecule has 2 rings (SSSR count). The summed E-state index contributed by atoms with van der Waals surface area (Å²) in [5.41, 5.74) is 1.05. The third kappa shape index (κ3) is 4.93. The first-order valence-electron chi connectivity index (χ1n) is 6.26. The van der Waals surface area contributed by atoms with Gasteiger partial charge in [0.05, 0.1) is 5.69 Å². The highest BCUT2D eigenvalue weighted by atomic mass is 32.2. The largest absolute Gasteiger partial charge is 0.492 e. The summed E-state index contributed by atoms with van der Waals surface area (Å²) in [5, 5.41) is 3.30. The van der Waals surface area contributed by atoms with E-state index in [1.165, 1.54) is 4.90 Å². The fourth-order valence-electron chi connectivity index (χ4n) is 1.63. The molecule has 1 heterocycles. The highest BCUT2D eigenvalue weighted by Crippen LogP contribution is 2.18. The maximum atomic E-state index is 5.65. The van der Waals surface area contributed by atoms with E-state index in [-0.39, 0.29) is 0 Å². The first-order valence-corrected chi connectivity index (χ1v) is 7.48. The van der Waals surface area contributed by atoms with Gasteiger partial charge in [-0.2, -0.15) is 0 Å². The molecule has 0 aliphatic heterocycles. The van der Waals surface area contributed by atoms with Crippen molar-refractivity contribution in [1.29, 1.82) is 0 Å². The Balaban J connectivity index is 1.63. The minimum absolute atomic E-state index is 0.658. The quantitative estimate of drug-likeness (QED) is 0.622. The summed E-state index contributed by atoms with van der Waals surface area (Å²) in [7, 11) is 0. The van der Waals surface area contributed by atoms with Gasteiger partial charge in [0.15, 0.2) is 0 Å². The van der Waals surface area contributed by atoms with Crippen LogP contribution in [-0.4, -0.2) is 24.4 Å². The van der Waals surface area contributed by atoms with Gasteiger partial charge in [-0.05, 0) is 42.7 Å². The molecule has 2 aromatic rings. The van der Waals surface area contributed by atoms with Gasteiger partial charge < -0.3 is 10.1 Å². The third-order valence-corrected chi connectivity index (χ3v) is 3.38. The van der Waals surface area contributed by atoms with Crippen molar-refractivity contribution < 1.29 is 4.74 Å². The second-order valence-corrected chi connectivity index (χ2v) is 4.90. The predicted molar refractivity (Wildman–Crippen MR) is 79.7 cm³/mol. The summed E-state index contributed by atoms with van der Waals surface area (Å²) in [4.78, 5) is 5.50. The Kier molecular flexibility index (Phi) is 5.72. The molecule has 0 aliphatic rings. The Labute approximate surface area is 118 Å². The number of pyridine rings is 1. The minimum atomic E-state index is 0.658. The zero-order valence-electron chi connectivity index (χ0n) is 11.0. The van der Waals surface area contributed by atoms with Crippen LogP contribution >= 0.6 is 11.8 Å². The molecule has 0 spiro atoms. The Hall–Kier alpha value is -1.52. The fourth-order valence-corrected chi connectivity index (χ4v) is 2.04. The molecule has 100 valence electrons. The van der Waals surface area contributed by atoms with Crippen LogP contribution in [0.1, 0.15) is 5.69 Å². The van der Waals surface area contributed by atoms with Crippen LogP contribution in [-0.2, 0) is 6.54 Å². The lowest BCUT2D eigenvalue weighted by molar-refractivity contribution is 0.313.